The maximum atomic E-state index is 11.3. The minimum atomic E-state index is -0.0217. The number of amides is 2. The van der Waals surface area contributed by atoms with E-state index in [1.54, 1.807) is 0 Å². The summed E-state index contributed by atoms with van der Waals surface area (Å²) in [7, 11) is 0. The number of hydrogen-bond donors (Lipinski definition) is 2. The van der Waals surface area contributed by atoms with Gasteiger partial charge in [0.2, 0.25) is 0 Å². The Morgan fingerprint density at radius 2 is 2.21 bits per heavy atom. The lowest BCUT2D eigenvalue weighted by Crippen LogP contribution is -2.40. The molecule has 1 aliphatic carbocycles. The monoisotopic (exact) mass is 198 g/mol. The van der Waals surface area contributed by atoms with Gasteiger partial charge in [-0.3, -0.25) is 0 Å². The summed E-state index contributed by atoms with van der Waals surface area (Å²) in [5.41, 5.74) is 0. The molecule has 1 heterocycles. The van der Waals surface area contributed by atoms with Crippen molar-refractivity contribution in [3.8, 4) is 0 Å². The normalized spacial score (nSPS) is 31.5. The number of urea groups is 1. The van der Waals surface area contributed by atoms with Crippen molar-refractivity contribution in [3.05, 3.63) is 0 Å². The zero-order valence-corrected chi connectivity index (χ0v) is 8.58. The lowest BCUT2D eigenvalue weighted by molar-refractivity contribution is 0.106. The first-order chi connectivity index (χ1) is 6.75. The first-order valence-electron chi connectivity index (χ1n) is 5.41. The molecule has 1 saturated heterocycles. The average molecular weight is 198 g/mol. The maximum Gasteiger partial charge on any atom is 0.315 e. The van der Waals surface area contributed by atoms with Crippen LogP contribution in [0.3, 0.4) is 0 Å². The van der Waals surface area contributed by atoms with Gasteiger partial charge in [-0.05, 0) is 26.2 Å². The fraction of sp³-hybridized carbons (Fsp3) is 0.900. The zero-order valence-electron chi connectivity index (χ0n) is 8.58. The Bertz CT molecular complexity index is 216. The highest BCUT2D eigenvalue weighted by atomic mass is 16.5. The van der Waals surface area contributed by atoms with Crippen LogP contribution in [0.5, 0.6) is 0 Å². The van der Waals surface area contributed by atoms with Gasteiger partial charge in [0.25, 0.3) is 0 Å². The standard InChI is InChI=1S/C10H18N2O2/c1-7-8(4-5-14-7)6-11-10(13)12-9-2-3-9/h7-9H,2-6H2,1H3,(H2,11,12,13). The molecule has 14 heavy (non-hydrogen) atoms. The molecular formula is C10H18N2O2. The molecule has 0 bridgehead atoms. The molecule has 4 nitrogen and oxygen atoms in total. The van der Waals surface area contributed by atoms with Gasteiger partial charge in [0.05, 0.1) is 6.10 Å². The van der Waals surface area contributed by atoms with Crippen molar-refractivity contribution in [2.75, 3.05) is 13.2 Å². The Labute approximate surface area is 84.4 Å². The van der Waals surface area contributed by atoms with Crippen LogP contribution in [0.15, 0.2) is 0 Å². The Kier molecular flexibility index (Phi) is 2.91. The molecule has 0 aromatic heterocycles. The van der Waals surface area contributed by atoms with E-state index in [0.717, 1.165) is 32.4 Å². The molecule has 2 rings (SSSR count). The zero-order chi connectivity index (χ0) is 9.97. The van der Waals surface area contributed by atoms with Crippen LogP contribution < -0.4 is 10.6 Å². The van der Waals surface area contributed by atoms with Gasteiger partial charge < -0.3 is 15.4 Å². The maximum absolute atomic E-state index is 11.3. The molecule has 2 unspecified atom stereocenters. The molecule has 2 atom stereocenters. The summed E-state index contributed by atoms with van der Waals surface area (Å²) in [6, 6.07) is 0.416. The third-order valence-corrected chi connectivity index (χ3v) is 2.97. The van der Waals surface area contributed by atoms with Crippen molar-refractivity contribution in [2.45, 2.75) is 38.3 Å². The van der Waals surface area contributed by atoms with Crippen molar-refractivity contribution in [3.63, 3.8) is 0 Å². The van der Waals surface area contributed by atoms with E-state index < -0.39 is 0 Å². The highest BCUT2D eigenvalue weighted by Crippen LogP contribution is 2.20. The number of rotatable bonds is 3. The fourth-order valence-corrected chi connectivity index (χ4v) is 1.73. The Morgan fingerprint density at radius 1 is 1.43 bits per heavy atom. The molecule has 2 fully saturated rings. The van der Waals surface area contributed by atoms with E-state index in [1.165, 1.54) is 0 Å². The molecule has 0 spiro atoms. The van der Waals surface area contributed by atoms with Crippen molar-refractivity contribution in [1.82, 2.24) is 10.6 Å². The first-order valence-corrected chi connectivity index (χ1v) is 5.41. The molecule has 1 saturated carbocycles. The van der Waals surface area contributed by atoms with Crippen molar-refractivity contribution in [2.24, 2.45) is 5.92 Å². The van der Waals surface area contributed by atoms with Gasteiger partial charge in [0.15, 0.2) is 0 Å². The van der Waals surface area contributed by atoms with E-state index in [4.69, 9.17) is 4.74 Å². The second-order valence-electron chi connectivity index (χ2n) is 4.25. The van der Waals surface area contributed by atoms with E-state index in [-0.39, 0.29) is 12.1 Å². The highest BCUT2D eigenvalue weighted by Gasteiger charge is 2.26. The first kappa shape index (κ1) is 9.77. The van der Waals surface area contributed by atoms with Crippen molar-refractivity contribution < 1.29 is 9.53 Å². The Morgan fingerprint density at radius 3 is 2.79 bits per heavy atom. The molecule has 2 aliphatic rings. The summed E-state index contributed by atoms with van der Waals surface area (Å²) in [5, 5.41) is 5.80. The van der Waals surface area contributed by atoms with E-state index in [0.29, 0.717) is 12.0 Å². The van der Waals surface area contributed by atoms with Crippen molar-refractivity contribution in [1.29, 1.82) is 0 Å². The number of hydrogen-bond acceptors (Lipinski definition) is 2. The number of carbonyl (C=O) groups is 1. The molecule has 80 valence electrons. The summed E-state index contributed by atoms with van der Waals surface area (Å²) in [6.45, 7) is 3.63. The van der Waals surface area contributed by atoms with Gasteiger partial charge in [-0.15, -0.1) is 0 Å². The SMILES string of the molecule is CC1OCCC1CNC(=O)NC1CC1. The third-order valence-electron chi connectivity index (χ3n) is 2.97. The van der Waals surface area contributed by atoms with Crippen LogP contribution >= 0.6 is 0 Å². The molecular weight excluding hydrogens is 180 g/mol. The summed E-state index contributed by atoms with van der Waals surface area (Å²) in [5.74, 6) is 0.486. The smallest absolute Gasteiger partial charge is 0.315 e. The van der Waals surface area contributed by atoms with E-state index >= 15 is 0 Å². The van der Waals surface area contributed by atoms with Crippen LogP contribution in [-0.2, 0) is 4.74 Å². The summed E-state index contributed by atoms with van der Waals surface area (Å²) in [4.78, 5) is 11.3. The lowest BCUT2D eigenvalue weighted by atomic mass is 10.0. The van der Waals surface area contributed by atoms with Gasteiger partial charge in [-0.2, -0.15) is 0 Å². The predicted octanol–water partition coefficient (Wildman–Crippen LogP) is 0.873. The highest BCUT2D eigenvalue weighted by molar-refractivity contribution is 5.74. The fourth-order valence-electron chi connectivity index (χ4n) is 1.73. The molecule has 0 radical (unpaired) electrons. The molecule has 4 heteroatoms. The molecule has 1 aliphatic heterocycles. The van der Waals surface area contributed by atoms with E-state index in [2.05, 4.69) is 17.6 Å². The van der Waals surface area contributed by atoms with Gasteiger partial charge in [0, 0.05) is 25.1 Å². The topological polar surface area (TPSA) is 50.4 Å². The largest absolute Gasteiger partial charge is 0.378 e. The van der Waals surface area contributed by atoms with Crippen LogP contribution in [0.1, 0.15) is 26.2 Å². The third kappa shape index (κ3) is 2.61. The van der Waals surface area contributed by atoms with Crippen LogP contribution in [-0.4, -0.2) is 31.3 Å². The number of nitrogens with one attached hydrogen (secondary N) is 2. The summed E-state index contributed by atoms with van der Waals surface area (Å²) >= 11 is 0. The second-order valence-corrected chi connectivity index (χ2v) is 4.25. The quantitative estimate of drug-likeness (QED) is 0.707. The Balaban J connectivity index is 1.62. The summed E-state index contributed by atoms with van der Waals surface area (Å²) in [6.07, 6.45) is 3.62. The molecule has 2 N–H and O–H groups in total. The summed E-state index contributed by atoms with van der Waals surface area (Å²) < 4.78 is 5.42. The Hall–Kier alpha value is -0.770. The molecule has 0 aromatic rings. The minimum Gasteiger partial charge on any atom is -0.378 e. The van der Waals surface area contributed by atoms with E-state index in [1.807, 2.05) is 0 Å². The molecule has 0 aromatic carbocycles. The van der Waals surface area contributed by atoms with Crippen LogP contribution in [0.4, 0.5) is 4.79 Å². The van der Waals surface area contributed by atoms with Gasteiger partial charge in [-0.25, -0.2) is 4.79 Å². The van der Waals surface area contributed by atoms with E-state index in [9.17, 15) is 4.79 Å². The van der Waals surface area contributed by atoms with Gasteiger partial charge in [-0.1, -0.05) is 0 Å². The van der Waals surface area contributed by atoms with Crippen LogP contribution in [0.25, 0.3) is 0 Å². The van der Waals surface area contributed by atoms with Crippen molar-refractivity contribution >= 4 is 6.03 Å². The number of carbonyl (C=O) groups excluding carboxylic acids is 1. The van der Waals surface area contributed by atoms with Gasteiger partial charge >= 0.3 is 6.03 Å². The van der Waals surface area contributed by atoms with Crippen LogP contribution in [0.2, 0.25) is 0 Å². The second kappa shape index (κ2) is 4.17. The lowest BCUT2D eigenvalue weighted by Gasteiger charge is -2.14. The number of ether oxygens (including phenoxy) is 1. The predicted molar refractivity (Wildman–Crippen MR) is 53.1 cm³/mol. The van der Waals surface area contributed by atoms with Gasteiger partial charge in [0.1, 0.15) is 0 Å². The van der Waals surface area contributed by atoms with Crippen LogP contribution in [0, 0.1) is 5.92 Å². The molecule has 2 amide bonds. The minimum absolute atomic E-state index is 0.0217. The average Bonchev–Trinajstić information content (AvgIpc) is 2.86.